The van der Waals surface area contributed by atoms with Crippen LogP contribution >= 0.6 is 0 Å². The second kappa shape index (κ2) is 8.73. The zero-order chi connectivity index (χ0) is 19.2. The lowest BCUT2D eigenvalue weighted by atomic mass is 10.1. The molecule has 0 spiro atoms. The van der Waals surface area contributed by atoms with Crippen LogP contribution in [-0.2, 0) is 11.2 Å². The van der Waals surface area contributed by atoms with Gasteiger partial charge in [-0.3, -0.25) is 4.79 Å². The van der Waals surface area contributed by atoms with Gasteiger partial charge in [0.1, 0.15) is 11.3 Å². The zero-order valence-electron chi connectivity index (χ0n) is 16.1. The number of rotatable bonds is 8. The number of amides is 1. The molecule has 0 saturated carbocycles. The molecule has 2 aromatic carbocycles. The summed E-state index contributed by atoms with van der Waals surface area (Å²) < 4.78 is 11.3. The maximum Gasteiger partial charge on any atom is 0.228 e. The van der Waals surface area contributed by atoms with E-state index in [1.165, 1.54) is 0 Å². The molecule has 0 radical (unpaired) electrons. The lowest BCUT2D eigenvalue weighted by Gasteiger charge is -2.11. The molecule has 142 valence electrons. The monoisotopic (exact) mass is 366 g/mol. The van der Waals surface area contributed by atoms with Gasteiger partial charge < -0.3 is 19.4 Å². The first-order chi connectivity index (χ1) is 13.0. The van der Waals surface area contributed by atoms with Crippen LogP contribution in [0.1, 0.15) is 17.5 Å². The molecule has 1 aromatic heterocycles. The third-order valence-corrected chi connectivity index (χ3v) is 4.32. The van der Waals surface area contributed by atoms with Crippen molar-refractivity contribution in [1.82, 2.24) is 4.90 Å². The maximum absolute atomic E-state index is 12.4. The van der Waals surface area contributed by atoms with Crippen molar-refractivity contribution in [2.24, 2.45) is 0 Å². The number of nitrogens with one attached hydrogen (secondary N) is 1. The SMILES string of the molecule is Cc1ccc2c(CC(=O)Nc3ccc(OCCCN(C)C)cc3)coc2c1. The minimum Gasteiger partial charge on any atom is -0.494 e. The summed E-state index contributed by atoms with van der Waals surface area (Å²) in [7, 11) is 4.09. The van der Waals surface area contributed by atoms with Gasteiger partial charge in [-0.1, -0.05) is 12.1 Å². The van der Waals surface area contributed by atoms with Crippen LogP contribution in [0.3, 0.4) is 0 Å². The van der Waals surface area contributed by atoms with E-state index in [9.17, 15) is 4.79 Å². The molecular weight excluding hydrogens is 340 g/mol. The predicted molar refractivity (Wildman–Crippen MR) is 108 cm³/mol. The Balaban J connectivity index is 1.53. The molecule has 27 heavy (non-hydrogen) atoms. The van der Waals surface area contributed by atoms with Gasteiger partial charge in [0.2, 0.25) is 5.91 Å². The van der Waals surface area contributed by atoms with Gasteiger partial charge in [0.05, 0.1) is 19.3 Å². The van der Waals surface area contributed by atoms with Gasteiger partial charge in [-0.2, -0.15) is 0 Å². The molecule has 0 bridgehead atoms. The third kappa shape index (κ3) is 5.34. The Hall–Kier alpha value is -2.79. The minimum atomic E-state index is -0.0714. The number of hydrogen-bond donors (Lipinski definition) is 1. The molecule has 0 aliphatic heterocycles. The van der Waals surface area contributed by atoms with E-state index in [1.54, 1.807) is 6.26 Å². The number of hydrogen-bond acceptors (Lipinski definition) is 4. The topological polar surface area (TPSA) is 54.7 Å². The normalized spacial score (nSPS) is 11.1. The Morgan fingerprint density at radius 3 is 2.67 bits per heavy atom. The van der Waals surface area contributed by atoms with Gasteiger partial charge in [-0.25, -0.2) is 0 Å². The molecule has 1 amide bonds. The summed E-state index contributed by atoms with van der Waals surface area (Å²) in [4.78, 5) is 14.5. The van der Waals surface area contributed by atoms with Crippen molar-refractivity contribution >= 4 is 22.6 Å². The van der Waals surface area contributed by atoms with Crippen LogP contribution in [0.2, 0.25) is 0 Å². The molecule has 3 aromatic rings. The zero-order valence-corrected chi connectivity index (χ0v) is 16.1. The van der Waals surface area contributed by atoms with Crippen molar-refractivity contribution in [2.45, 2.75) is 19.8 Å². The molecule has 0 fully saturated rings. The van der Waals surface area contributed by atoms with E-state index < -0.39 is 0 Å². The first kappa shape index (κ1) is 19.0. The predicted octanol–water partition coefficient (Wildman–Crippen LogP) is 4.25. The van der Waals surface area contributed by atoms with Crippen molar-refractivity contribution in [3.63, 3.8) is 0 Å². The molecule has 1 heterocycles. The van der Waals surface area contributed by atoms with Crippen LogP contribution in [-0.4, -0.2) is 38.1 Å². The molecular formula is C22H26N2O3. The molecule has 0 unspecified atom stereocenters. The molecule has 0 saturated heterocycles. The number of carbonyl (C=O) groups excluding carboxylic acids is 1. The highest BCUT2D eigenvalue weighted by Gasteiger charge is 2.11. The second-order valence-corrected chi connectivity index (χ2v) is 7.02. The number of benzene rings is 2. The van der Waals surface area contributed by atoms with E-state index in [0.29, 0.717) is 6.61 Å². The van der Waals surface area contributed by atoms with E-state index in [4.69, 9.17) is 9.15 Å². The third-order valence-electron chi connectivity index (χ3n) is 4.32. The highest BCUT2D eigenvalue weighted by atomic mass is 16.5. The van der Waals surface area contributed by atoms with Crippen LogP contribution < -0.4 is 10.1 Å². The van der Waals surface area contributed by atoms with E-state index in [1.807, 2.05) is 63.5 Å². The number of ether oxygens (including phenoxy) is 1. The highest BCUT2D eigenvalue weighted by Crippen LogP contribution is 2.23. The summed E-state index contributed by atoms with van der Waals surface area (Å²) in [5.74, 6) is 0.737. The number of carbonyl (C=O) groups is 1. The first-order valence-corrected chi connectivity index (χ1v) is 9.15. The summed E-state index contributed by atoms with van der Waals surface area (Å²) in [5, 5.41) is 3.91. The van der Waals surface area contributed by atoms with Gasteiger partial charge in [0.15, 0.2) is 0 Å². The van der Waals surface area contributed by atoms with Crippen molar-refractivity contribution in [3.8, 4) is 5.75 Å². The molecule has 0 aliphatic carbocycles. The molecule has 5 nitrogen and oxygen atoms in total. The minimum absolute atomic E-state index is 0.0714. The molecule has 5 heteroatoms. The smallest absolute Gasteiger partial charge is 0.228 e. The quantitative estimate of drug-likeness (QED) is 0.606. The fourth-order valence-corrected chi connectivity index (χ4v) is 2.91. The summed E-state index contributed by atoms with van der Waals surface area (Å²) in [6, 6.07) is 13.5. The van der Waals surface area contributed by atoms with E-state index in [0.717, 1.165) is 46.5 Å². The summed E-state index contributed by atoms with van der Waals surface area (Å²) in [6.07, 6.45) is 2.91. The van der Waals surface area contributed by atoms with E-state index in [2.05, 4.69) is 10.2 Å². The van der Waals surface area contributed by atoms with Gasteiger partial charge in [0.25, 0.3) is 0 Å². The van der Waals surface area contributed by atoms with Crippen LogP contribution in [0.25, 0.3) is 11.0 Å². The Labute approximate surface area is 159 Å². The van der Waals surface area contributed by atoms with Crippen molar-refractivity contribution in [2.75, 3.05) is 32.6 Å². The number of furan rings is 1. The fraction of sp³-hybridized carbons (Fsp3) is 0.318. The van der Waals surface area contributed by atoms with Crippen LogP contribution in [0.15, 0.2) is 53.1 Å². The first-order valence-electron chi connectivity index (χ1n) is 9.15. The Morgan fingerprint density at radius 2 is 1.93 bits per heavy atom. The van der Waals surface area contributed by atoms with Crippen molar-refractivity contribution in [3.05, 3.63) is 59.9 Å². The Bertz CT molecular complexity index is 898. The van der Waals surface area contributed by atoms with Gasteiger partial charge in [-0.15, -0.1) is 0 Å². The lowest BCUT2D eigenvalue weighted by molar-refractivity contribution is -0.115. The molecule has 3 rings (SSSR count). The Kier molecular flexibility index (Phi) is 6.14. The average Bonchev–Trinajstić information content (AvgIpc) is 3.01. The average molecular weight is 366 g/mol. The summed E-state index contributed by atoms with van der Waals surface area (Å²) in [5.41, 5.74) is 3.60. The number of anilines is 1. The van der Waals surface area contributed by atoms with Crippen LogP contribution in [0.4, 0.5) is 5.69 Å². The number of fused-ring (bicyclic) bond motifs is 1. The largest absolute Gasteiger partial charge is 0.494 e. The van der Waals surface area contributed by atoms with Crippen molar-refractivity contribution < 1.29 is 13.9 Å². The van der Waals surface area contributed by atoms with Crippen LogP contribution in [0, 0.1) is 6.92 Å². The van der Waals surface area contributed by atoms with E-state index >= 15 is 0 Å². The van der Waals surface area contributed by atoms with Gasteiger partial charge in [0, 0.05) is 23.2 Å². The standard InChI is InChI=1S/C22H26N2O3/c1-16-5-10-20-17(15-27-21(20)13-16)14-22(25)23-18-6-8-19(9-7-18)26-12-4-11-24(2)3/h5-10,13,15H,4,11-12,14H2,1-3H3,(H,23,25). The lowest BCUT2D eigenvalue weighted by Crippen LogP contribution is -2.15. The second-order valence-electron chi connectivity index (χ2n) is 7.02. The molecule has 1 N–H and O–H groups in total. The molecule has 0 aliphatic rings. The summed E-state index contributed by atoms with van der Waals surface area (Å²) >= 11 is 0. The van der Waals surface area contributed by atoms with Crippen molar-refractivity contribution in [1.29, 1.82) is 0 Å². The summed E-state index contributed by atoms with van der Waals surface area (Å²) in [6.45, 7) is 3.69. The Morgan fingerprint density at radius 1 is 1.15 bits per heavy atom. The molecule has 0 atom stereocenters. The number of nitrogens with zero attached hydrogens (tertiary/aromatic N) is 1. The van der Waals surface area contributed by atoms with Crippen LogP contribution in [0.5, 0.6) is 5.75 Å². The highest BCUT2D eigenvalue weighted by molar-refractivity contribution is 5.95. The number of aryl methyl sites for hydroxylation is 1. The fourth-order valence-electron chi connectivity index (χ4n) is 2.91. The maximum atomic E-state index is 12.4. The van der Waals surface area contributed by atoms with Gasteiger partial charge >= 0.3 is 0 Å². The van der Waals surface area contributed by atoms with Gasteiger partial charge in [-0.05, 0) is 63.3 Å². The van der Waals surface area contributed by atoms with E-state index in [-0.39, 0.29) is 12.3 Å².